The SMILES string of the molecule is COc1ccc(C)cc1N1CCC(N)CC1(C)C. The van der Waals surface area contributed by atoms with Crippen molar-refractivity contribution in [1.29, 1.82) is 0 Å². The van der Waals surface area contributed by atoms with Crippen LogP contribution in [0.4, 0.5) is 5.69 Å². The number of anilines is 1. The molecule has 0 saturated carbocycles. The normalized spacial score (nSPS) is 22.9. The molecule has 18 heavy (non-hydrogen) atoms. The smallest absolute Gasteiger partial charge is 0.142 e. The van der Waals surface area contributed by atoms with E-state index in [-0.39, 0.29) is 5.54 Å². The second-order valence-corrected chi connectivity index (χ2v) is 5.89. The van der Waals surface area contributed by atoms with Crippen LogP contribution in [0, 0.1) is 6.92 Å². The van der Waals surface area contributed by atoms with E-state index in [0.717, 1.165) is 25.1 Å². The van der Waals surface area contributed by atoms with E-state index >= 15 is 0 Å². The predicted molar refractivity (Wildman–Crippen MR) is 76.4 cm³/mol. The molecule has 1 aromatic carbocycles. The minimum Gasteiger partial charge on any atom is -0.495 e. The molecule has 1 fully saturated rings. The fourth-order valence-electron chi connectivity index (χ4n) is 2.91. The van der Waals surface area contributed by atoms with Gasteiger partial charge in [-0.3, -0.25) is 0 Å². The zero-order valence-electron chi connectivity index (χ0n) is 11.9. The lowest BCUT2D eigenvalue weighted by Crippen LogP contribution is -2.53. The first kappa shape index (κ1) is 13.2. The number of aryl methyl sites for hydroxylation is 1. The summed E-state index contributed by atoms with van der Waals surface area (Å²) in [6.07, 6.45) is 2.06. The topological polar surface area (TPSA) is 38.5 Å². The first-order chi connectivity index (χ1) is 8.44. The summed E-state index contributed by atoms with van der Waals surface area (Å²) in [6, 6.07) is 6.66. The number of rotatable bonds is 2. The molecule has 0 aliphatic carbocycles. The van der Waals surface area contributed by atoms with E-state index in [4.69, 9.17) is 10.5 Å². The van der Waals surface area contributed by atoms with E-state index in [1.165, 1.54) is 11.3 Å². The molecule has 1 aliphatic rings. The molecule has 1 heterocycles. The van der Waals surface area contributed by atoms with Gasteiger partial charge in [-0.2, -0.15) is 0 Å². The van der Waals surface area contributed by atoms with Crippen LogP contribution in [0.25, 0.3) is 0 Å². The van der Waals surface area contributed by atoms with E-state index in [1.54, 1.807) is 7.11 Å². The van der Waals surface area contributed by atoms with Gasteiger partial charge in [-0.25, -0.2) is 0 Å². The zero-order valence-corrected chi connectivity index (χ0v) is 11.9. The lowest BCUT2D eigenvalue weighted by atomic mass is 9.86. The van der Waals surface area contributed by atoms with E-state index < -0.39 is 0 Å². The first-order valence-corrected chi connectivity index (χ1v) is 6.62. The Hall–Kier alpha value is -1.22. The van der Waals surface area contributed by atoms with Crippen LogP contribution in [-0.2, 0) is 0 Å². The maximum atomic E-state index is 6.09. The number of nitrogens with two attached hydrogens (primary N) is 1. The van der Waals surface area contributed by atoms with Crippen molar-refractivity contribution in [2.45, 2.75) is 45.2 Å². The number of nitrogens with zero attached hydrogens (tertiary/aromatic N) is 1. The van der Waals surface area contributed by atoms with Crippen LogP contribution in [0.5, 0.6) is 5.75 Å². The highest BCUT2D eigenvalue weighted by molar-refractivity contribution is 5.62. The quantitative estimate of drug-likeness (QED) is 0.874. The Labute approximate surface area is 110 Å². The van der Waals surface area contributed by atoms with Crippen LogP contribution in [-0.4, -0.2) is 25.2 Å². The van der Waals surface area contributed by atoms with Gasteiger partial charge in [0, 0.05) is 18.1 Å². The van der Waals surface area contributed by atoms with Crippen molar-refractivity contribution in [2.24, 2.45) is 5.73 Å². The molecule has 0 radical (unpaired) electrons. The summed E-state index contributed by atoms with van der Waals surface area (Å²) >= 11 is 0. The maximum Gasteiger partial charge on any atom is 0.142 e. The van der Waals surface area contributed by atoms with Crippen LogP contribution >= 0.6 is 0 Å². The highest BCUT2D eigenvalue weighted by Crippen LogP contribution is 2.38. The fourth-order valence-corrected chi connectivity index (χ4v) is 2.91. The zero-order chi connectivity index (χ0) is 13.3. The maximum absolute atomic E-state index is 6.09. The Morgan fingerprint density at radius 1 is 1.39 bits per heavy atom. The minimum atomic E-state index is 0.0821. The van der Waals surface area contributed by atoms with Crippen LogP contribution in [0.15, 0.2) is 18.2 Å². The number of benzene rings is 1. The van der Waals surface area contributed by atoms with Crippen molar-refractivity contribution in [2.75, 3.05) is 18.6 Å². The molecular weight excluding hydrogens is 224 g/mol. The van der Waals surface area contributed by atoms with Crippen LogP contribution in [0.1, 0.15) is 32.3 Å². The highest BCUT2D eigenvalue weighted by atomic mass is 16.5. The number of ether oxygens (including phenoxy) is 1. The first-order valence-electron chi connectivity index (χ1n) is 6.62. The predicted octanol–water partition coefficient (Wildman–Crippen LogP) is 2.71. The van der Waals surface area contributed by atoms with Crippen molar-refractivity contribution < 1.29 is 4.74 Å². The summed E-state index contributed by atoms with van der Waals surface area (Å²) in [7, 11) is 1.73. The molecule has 0 aromatic heterocycles. The average Bonchev–Trinajstić information content (AvgIpc) is 2.27. The van der Waals surface area contributed by atoms with Gasteiger partial charge in [-0.15, -0.1) is 0 Å². The molecule has 1 aromatic rings. The molecule has 1 aliphatic heterocycles. The fraction of sp³-hybridized carbons (Fsp3) is 0.600. The molecule has 1 atom stereocenters. The number of piperidine rings is 1. The second kappa shape index (κ2) is 4.81. The van der Waals surface area contributed by atoms with Gasteiger partial charge in [-0.1, -0.05) is 6.07 Å². The Morgan fingerprint density at radius 2 is 2.11 bits per heavy atom. The van der Waals surface area contributed by atoms with Crippen molar-refractivity contribution in [1.82, 2.24) is 0 Å². The van der Waals surface area contributed by atoms with E-state index in [1.807, 2.05) is 0 Å². The molecule has 0 bridgehead atoms. The molecule has 1 saturated heterocycles. The monoisotopic (exact) mass is 248 g/mol. The molecule has 2 N–H and O–H groups in total. The van der Waals surface area contributed by atoms with E-state index in [9.17, 15) is 0 Å². The second-order valence-electron chi connectivity index (χ2n) is 5.89. The molecule has 3 heteroatoms. The summed E-state index contributed by atoms with van der Waals surface area (Å²) < 4.78 is 5.50. The van der Waals surface area contributed by atoms with Crippen LogP contribution < -0.4 is 15.4 Å². The number of methoxy groups -OCH3 is 1. The van der Waals surface area contributed by atoms with Crippen molar-refractivity contribution in [3.8, 4) is 5.75 Å². The van der Waals surface area contributed by atoms with Gasteiger partial charge in [0.15, 0.2) is 0 Å². The third-order valence-electron chi connectivity index (χ3n) is 3.84. The highest BCUT2D eigenvalue weighted by Gasteiger charge is 2.34. The Kier molecular flexibility index (Phi) is 3.53. The van der Waals surface area contributed by atoms with E-state index in [2.05, 4.69) is 43.9 Å². The number of hydrogen-bond donors (Lipinski definition) is 1. The summed E-state index contributed by atoms with van der Waals surface area (Å²) in [5, 5.41) is 0. The number of hydrogen-bond acceptors (Lipinski definition) is 3. The van der Waals surface area contributed by atoms with E-state index in [0.29, 0.717) is 6.04 Å². The lowest BCUT2D eigenvalue weighted by Gasteiger charge is -2.46. The molecule has 0 spiro atoms. The van der Waals surface area contributed by atoms with Gasteiger partial charge in [-0.05, 0) is 51.3 Å². The summed E-state index contributed by atoms with van der Waals surface area (Å²) in [6.45, 7) is 7.63. The Bertz CT molecular complexity index is 429. The lowest BCUT2D eigenvalue weighted by molar-refractivity contribution is 0.322. The van der Waals surface area contributed by atoms with Gasteiger partial charge in [0.1, 0.15) is 5.75 Å². The minimum absolute atomic E-state index is 0.0821. The molecule has 1 unspecified atom stereocenters. The van der Waals surface area contributed by atoms with Crippen molar-refractivity contribution in [3.63, 3.8) is 0 Å². The van der Waals surface area contributed by atoms with Gasteiger partial charge >= 0.3 is 0 Å². The third-order valence-corrected chi connectivity index (χ3v) is 3.84. The average molecular weight is 248 g/mol. The third kappa shape index (κ3) is 2.46. The van der Waals surface area contributed by atoms with Gasteiger partial charge in [0.25, 0.3) is 0 Å². The standard InChI is InChI=1S/C15H24N2O/c1-11-5-6-14(18-4)13(9-11)17-8-7-12(16)10-15(17,2)3/h5-6,9,12H,7-8,10,16H2,1-4H3. The Morgan fingerprint density at radius 3 is 2.72 bits per heavy atom. The molecule has 0 amide bonds. The van der Waals surface area contributed by atoms with Crippen LogP contribution in [0.2, 0.25) is 0 Å². The molecule has 3 nitrogen and oxygen atoms in total. The van der Waals surface area contributed by atoms with Crippen molar-refractivity contribution in [3.05, 3.63) is 23.8 Å². The summed E-state index contributed by atoms with van der Waals surface area (Å²) in [4.78, 5) is 2.43. The van der Waals surface area contributed by atoms with Crippen molar-refractivity contribution >= 4 is 5.69 Å². The molecular formula is C15H24N2O. The largest absolute Gasteiger partial charge is 0.495 e. The summed E-state index contributed by atoms with van der Waals surface area (Å²) in [5.74, 6) is 0.948. The van der Waals surface area contributed by atoms with Gasteiger partial charge in [0.05, 0.1) is 12.8 Å². The molecule has 2 rings (SSSR count). The molecule has 100 valence electrons. The van der Waals surface area contributed by atoms with Gasteiger partial charge in [0.2, 0.25) is 0 Å². The van der Waals surface area contributed by atoms with Crippen LogP contribution in [0.3, 0.4) is 0 Å². The van der Waals surface area contributed by atoms with Gasteiger partial charge < -0.3 is 15.4 Å². The summed E-state index contributed by atoms with van der Waals surface area (Å²) in [5.41, 5.74) is 8.63. The Balaban J connectivity index is 2.38.